The van der Waals surface area contributed by atoms with Gasteiger partial charge in [0.25, 0.3) is 5.91 Å². The largest absolute Gasteiger partial charge is 0.399 e. The van der Waals surface area contributed by atoms with Crippen molar-refractivity contribution in [2.75, 3.05) is 5.73 Å². The highest BCUT2D eigenvalue weighted by atomic mass is 16.1. The summed E-state index contributed by atoms with van der Waals surface area (Å²) in [7, 11) is 0. The number of hydrogen-bond donors (Lipinski definition) is 2. The number of aryl methyl sites for hydroxylation is 2. The van der Waals surface area contributed by atoms with Crippen LogP contribution in [-0.4, -0.2) is 10.9 Å². The van der Waals surface area contributed by atoms with Crippen molar-refractivity contribution in [1.29, 1.82) is 0 Å². The molecule has 0 spiro atoms. The first-order chi connectivity index (χ1) is 10.1. The number of amides is 1. The number of benzene rings is 1. The molecular weight excluding hydrogens is 262 g/mol. The Bertz CT molecular complexity index is 681. The van der Waals surface area contributed by atoms with Gasteiger partial charge in [-0.3, -0.25) is 9.78 Å². The Morgan fingerprint density at radius 2 is 2.19 bits per heavy atom. The molecule has 4 heteroatoms. The molecule has 0 fully saturated rings. The van der Waals surface area contributed by atoms with E-state index in [9.17, 15) is 4.79 Å². The average molecular weight is 281 g/mol. The van der Waals surface area contributed by atoms with Crippen LogP contribution in [0.5, 0.6) is 0 Å². The average Bonchev–Trinajstić information content (AvgIpc) is 2.47. The molecule has 3 N–H and O–H groups in total. The predicted molar refractivity (Wildman–Crippen MR) is 83.0 cm³/mol. The van der Waals surface area contributed by atoms with Gasteiger partial charge in [0, 0.05) is 18.1 Å². The Morgan fingerprint density at radius 3 is 3.00 bits per heavy atom. The number of hydrogen-bond acceptors (Lipinski definition) is 3. The molecule has 108 valence electrons. The van der Waals surface area contributed by atoms with E-state index in [1.54, 1.807) is 12.4 Å². The maximum Gasteiger partial charge on any atom is 0.253 e. The minimum atomic E-state index is -0.0686. The normalized spacial score (nSPS) is 17.1. The van der Waals surface area contributed by atoms with Gasteiger partial charge in [-0.05, 0) is 61.1 Å². The van der Waals surface area contributed by atoms with Gasteiger partial charge in [-0.15, -0.1) is 0 Å². The number of carbonyl (C=O) groups is 1. The minimum Gasteiger partial charge on any atom is -0.399 e. The summed E-state index contributed by atoms with van der Waals surface area (Å²) < 4.78 is 0. The predicted octanol–water partition coefficient (Wildman–Crippen LogP) is 2.78. The number of fused-ring (bicyclic) bond motifs is 1. The number of nitrogen functional groups attached to an aromatic ring is 1. The third kappa shape index (κ3) is 2.89. The van der Waals surface area contributed by atoms with E-state index in [-0.39, 0.29) is 11.9 Å². The summed E-state index contributed by atoms with van der Waals surface area (Å²) in [6.07, 6.45) is 6.40. The highest BCUT2D eigenvalue weighted by molar-refractivity contribution is 5.94. The molecule has 3 rings (SSSR count). The smallest absolute Gasteiger partial charge is 0.253 e. The molecule has 1 unspecified atom stereocenters. The second-order valence-electron chi connectivity index (χ2n) is 5.63. The van der Waals surface area contributed by atoms with Crippen LogP contribution in [0.1, 0.15) is 45.9 Å². The maximum absolute atomic E-state index is 12.4. The Balaban J connectivity index is 1.82. The zero-order chi connectivity index (χ0) is 14.8. The number of nitrogens with one attached hydrogen (secondary N) is 1. The van der Waals surface area contributed by atoms with Crippen molar-refractivity contribution >= 4 is 11.6 Å². The van der Waals surface area contributed by atoms with Gasteiger partial charge in [-0.25, -0.2) is 0 Å². The lowest BCUT2D eigenvalue weighted by Gasteiger charge is -2.26. The highest BCUT2D eigenvalue weighted by Gasteiger charge is 2.22. The molecule has 4 nitrogen and oxygen atoms in total. The summed E-state index contributed by atoms with van der Waals surface area (Å²) in [4.78, 5) is 16.4. The molecule has 1 heterocycles. The van der Waals surface area contributed by atoms with Crippen LogP contribution in [0, 0.1) is 6.92 Å². The van der Waals surface area contributed by atoms with Crippen LogP contribution in [0.4, 0.5) is 5.69 Å². The lowest BCUT2D eigenvalue weighted by atomic mass is 9.87. The van der Waals surface area contributed by atoms with E-state index in [1.165, 1.54) is 11.1 Å². The maximum atomic E-state index is 12.4. The molecule has 1 aliphatic carbocycles. The second kappa shape index (κ2) is 5.56. The molecule has 0 radical (unpaired) electrons. The van der Waals surface area contributed by atoms with E-state index in [2.05, 4.69) is 10.3 Å². The van der Waals surface area contributed by atoms with Gasteiger partial charge in [-0.1, -0.05) is 6.07 Å². The standard InChI is InChI=1S/C17H19N3O/c1-11-7-13(10-19-9-11)17(21)20-16-4-2-3-12-8-14(18)5-6-15(12)16/h5-10,16H,2-4,18H2,1H3,(H,20,21). The van der Waals surface area contributed by atoms with Crippen molar-refractivity contribution in [2.24, 2.45) is 0 Å². The van der Waals surface area contributed by atoms with Gasteiger partial charge in [0.2, 0.25) is 0 Å². The number of pyridine rings is 1. The molecule has 21 heavy (non-hydrogen) atoms. The lowest BCUT2D eigenvalue weighted by molar-refractivity contribution is 0.0932. The van der Waals surface area contributed by atoms with Crippen molar-refractivity contribution < 1.29 is 4.79 Å². The monoisotopic (exact) mass is 281 g/mol. The van der Waals surface area contributed by atoms with Crippen LogP contribution in [0.15, 0.2) is 36.7 Å². The molecule has 1 aliphatic rings. The SMILES string of the molecule is Cc1cncc(C(=O)NC2CCCc3cc(N)ccc32)c1. The first-order valence-corrected chi connectivity index (χ1v) is 7.24. The summed E-state index contributed by atoms with van der Waals surface area (Å²) in [5.74, 6) is -0.0686. The van der Waals surface area contributed by atoms with Crippen LogP contribution in [0.25, 0.3) is 0 Å². The fourth-order valence-electron chi connectivity index (χ4n) is 2.90. The van der Waals surface area contributed by atoms with Crippen LogP contribution < -0.4 is 11.1 Å². The molecule has 0 bridgehead atoms. The van der Waals surface area contributed by atoms with Crippen LogP contribution in [-0.2, 0) is 6.42 Å². The van der Waals surface area contributed by atoms with Gasteiger partial charge in [0.1, 0.15) is 0 Å². The van der Waals surface area contributed by atoms with Crippen molar-refractivity contribution in [3.63, 3.8) is 0 Å². The van der Waals surface area contributed by atoms with Crippen LogP contribution >= 0.6 is 0 Å². The van der Waals surface area contributed by atoms with E-state index in [1.807, 2.05) is 31.2 Å². The number of nitrogens with zero attached hydrogens (tertiary/aromatic N) is 1. The third-order valence-corrected chi connectivity index (χ3v) is 3.92. The highest BCUT2D eigenvalue weighted by Crippen LogP contribution is 2.31. The van der Waals surface area contributed by atoms with Gasteiger partial charge < -0.3 is 11.1 Å². The number of aromatic nitrogens is 1. The lowest BCUT2D eigenvalue weighted by Crippen LogP contribution is -2.31. The number of rotatable bonds is 2. The molecule has 1 amide bonds. The number of anilines is 1. The fraction of sp³-hybridized carbons (Fsp3) is 0.294. The zero-order valence-corrected chi connectivity index (χ0v) is 12.1. The van der Waals surface area contributed by atoms with Crippen LogP contribution in [0.3, 0.4) is 0 Å². The second-order valence-corrected chi connectivity index (χ2v) is 5.63. The van der Waals surface area contributed by atoms with Crippen molar-refractivity contribution in [3.8, 4) is 0 Å². The zero-order valence-electron chi connectivity index (χ0n) is 12.1. The molecule has 1 aromatic heterocycles. The molecule has 0 aliphatic heterocycles. The Morgan fingerprint density at radius 1 is 1.33 bits per heavy atom. The topological polar surface area (TPSA) is 68.0 Å². The minimum absolute atomic E-state index is 0.0577. The fourth-order valence-corrected chi connectivity index (χ4v) is 2.90. The van der Waals surface area contributed by atoms with E-state index < -0.39 is 0 Å². The molecule has 1 aromatic carbocycles. The van der Waals surface area contributed by atoms with Crippen molar-refractivity contribution in [3.05, 3.63) is 58.9 Å². The molecule has 1 atom stereocenters. The van der Waals surface area contributed by atoms with Crippen molar-refractivity contribution in [2.45, 2.75) is 32.2 Å². The number of carbonyl (C=O) groups excluding carboxylic acids is 1. The molecular formula is C17H19N3O. The van der Waals surface area contributed by atoms with E-state index >= 15 is 0 Å². The number of nitrogens with two attached hydrogens (primary N) is 1. The molecule has 0 saturated heterocycles. The summed E-state index contributed by atoms with van der Waals surface area (Å²) in [5, 5.41) is 3.12. The summed E-state index contributed by atoms with van der Waals surface area (Å²) in [6.45, 7) is 1.93. The van der Waals surface area contributed by atoms with Gasteiger partial charge in [0.05, 0.1) is 11.6 Å². The quantitative estimate of drug-likeness (QED) is 0.832. The third-order valence-electron chi connectivity index (χ3n) is 3.92. The van der Waals surface area contributed by atoms with E-state index in [0.717, 1.165) is 30.5 Å². The van der Waals surface area contributed by atoms with E-state index in [0.29, 0.717) is 5.56 Å². The summed E-state index contributed by atoms with van der Waals surface area (Å²) in [6, 6.07) is 7.86. The van der Waals surface area contributed by atoms with E-state index in [4.69, 9.17) is 5.73 Å². The summed E-state index contributed by atoms with van der Waals surface area (Å²) >= 11 is 0. The first-order valence-electron chi connectivity index (χ1n) is 7.24. The van der Waals surface area contributed by atoms with Gasteiger partial charge >= 0.3 is 0 Å². The Labute approximate surface area is 124 Å². The summed E-state index contributed by atoms with van der Waals surface area (Å²) in [5.41, 5.74) is 10.6. The first kappa shape index (κ1) is 13.6. The Kier molecular flexibility index (Phi) is 3.60. The van der Waals surface area contributed by atoms with Crippen LogP contribution in [0.2, 0.25) is 0 Å². The van der Waals surface area contributed by atoms with Gasteiger partial charge in [0.15, 0.2) is 0 Å². The van der Waals surface area contributed by atoms with Gasteiger partial charge in [-0.2, -0.15) is 0 Å². The van der Waals surface area contributed by atoms with Crippen molar-refractivity contribution in [1.82, 2.24) is 10.3 Å². The Hall–Kier alpha value is -2.36. The molecule has 0 saturated carbocycles. The molecule has 2 aromatic rings.